The van der Waals surface area contributed by atoms with E-state index in [1.807, 2.05) is 18.2 Å². The van der Waals surface area contributed by atoms with Crippen LogP contribution in [0.15, 0.2) is 48.5 Å². The Balaban J connectivity index is 1.61. The fourth-order valence-electron chi connectivity index (χ4n) is 3.97. The standard InChI is InChI=1S/C24H28F2N4/c1-17(2)13-27-14-22-20-16-29(15-18-7-9-19(25)10-8-18)12-11-23(20)30(28-22)24-6-4-3-5-21(24)26/h3-10,17,27H,11-16H2,1-2H3. The Hall–Kier alpha value is -2.57. The Labute approximate surface area is 176 Å². The molecule has 0 spiro atoms. The third kappa shape index (κ3) is 4.60. The van der Waals surface area contributed by atoms with Crippen LogP contribution in [0.25, 0.3) is 5.69 Å². The second kappa shape index (κ2) is 9.06. The van der Waals surface area contributed by atoms with Gasteiger partial charge in [-0.05, 0) is 42.3 Å². The number of aromatic nitrogens is 2. The number of nitrogens with zero attached hydrogens (tertiary/aromatic N) is 3. The molecule has 0 radical (unpaired) electrons. The molecule has 1 aliphatic heterocycles. The van der Waals surface area contributed by atoms with Crippen LogP contribution in [0.1, 0.15) is 36.4 Å². The third-order valence-electron chi connectivity index (χ3n) is 5.46. The lowest BCUT2D eigenvalue weighted by molar-refractivity contribution is 0.242. The summed E-state index contributed by atoms with van der Waals surface area (Å²) in [5, 5.41) is 8.28. The van der Waals surface area contributed by atoms with Gasteiger partial charge < -0.3 is 5.32 Å². The van der Waals surface area contributed by atoms with Crippen molar-refractivity contribution in [3.8, 4) is 5.69 Å². The zero-order chi connectivity index (χ0) is 21.1. The van der Waals surface area contributed by atoms with Crippen molar-refractivity contribution >= 4 is 0 Å². The van der Waals surface area contributed by atoms with Gasteiger partial charge in [-0.1, -0.05) is 38.1 Å². The minimum Gasteiger partial charge on any atom is -0.311 e. The Bertz CT molecular complexity index is 995. The second-order valence-corrected chi connectivity index (χ2v) is 8.35. The van der Waals surface area contributed by atoms with E-state index in [0.717, 1.165) is 49.6 Å². The smallest absolute Gasteiger partial charge is 0.148 e. The van der Waals surface area contributed by atoms with Crippen LogP contribution < -0.4 is 5.32 Å². The van der Waals surface area contributed by atoms with Crippen LogP contribution in [0.2, 0.25) is 0 Å². The largest absolute Gasteiger partial charge is 0.311 e. The van der Waals surface area contributed by atoms with Crippen molar-refractivity contribution in [1.82, 2.24) is 20.0 Å². The molecule has 1 aliphatic rings. The zero-order valence-electron chi connectivity index (χ0n) is 17.5. The molecule has 3 aromatic rings. The van der Waals surface area contributed by atoms with E-state index < -0.39 is 0 Å². The van der Waals surface area contributed by atoms with Gasteiger partial charge in [-0.15, -0.1) is 0 Å². The lowest BCUT2D eigenvalue weighted by atomic mass is 10.0. The van der Waals surface area contributed by atoms with Gasteiger partial charge in [0.25, 0.3) is 0 Å². The van der Waals surface area contributed by atoms with Crippen LogP contribution in [-0.4, -0.2) is 27.8 Å². The molecule has 1 aromatic heterocycles. The van der Waals surface area contributed by atoms with Crippen molar-refractivity contribution in [1.29, 1.82) is 0 Å². The number of nitrogens with one attached hydrogen (secondary N) is 1. The molecular formula is C24H28F2N4. The Kier molecular flexibility index (Phi) is 6.25. The maximum Gasteiger partial charge on any atom is 0.148 e. The number of hydrogen-bond acceptors (Lipinski definition) is 3. The van der Waals surface area contributed by atoms with Gasteiger partial charge >= 0.3 is 0 Å². The minimum absolute atomic E-state index is 0.218. The molecular weight excluding hydrogens is 382 g/mol. The molecule has 0 aliphatic carbocycles. The fraction of sp³-hybridized carbons (Fsp3) is 0.375. The molecule has 0 bridgehead atoms. The highest BCUT2D eigenvalue weighted by Crippen LogP contribution is 2.27. The van der Waals surface area contributed by atoms with Gasteiger partial charge in [-0.3, -0.25) is 4.90 Å². The molecule has 4 nitrogen and oxygen atoms in total. The first-order valence-electron chi connectivity index (χ1n) is 10.5. The van der Waals surface area contributed by atoms with E-state index in [9.17, 15) is 8.78 Å². The molecule has 158 valence electrons. The number of benzene rings is 2. The van der Waals surface area contributed by atoms with Crippen LogP contribution in [0.3, 0.4) is 0 Å². The highest BCUT2D eigenvalue weighted by Gasteiger charge is 2.26. The van der Waals surface area contributed by atoms with Gasteiger partial charge in [0, 0.05) is 38.2 Å². The zero-order valence-corrected chi connectivity index (χ0v) is 17.5. The molecule has 0 atom stereocenters. The number of rotatable bonds is 7. The first-order chi connectivity index (χ1) is 14.5. The normalized spacial score (nSPS) is 14.3. The molecule has 0 saturated carbocycles. The summed E-state index contributed by atoms with van der Waals surface area (Å²) >= 11 is 0. The van der Waals surface area contributed by atoms with Crippen LogP contribution in [0, 0.1) is 17.6 Å². The van der Waals surface area contributed by atoms with E-state index in [2.05, 4.69) is 24.1 Å². The molecule has 30 heavy (non-hydrogen) atoms. The molecule has 1 N–H and O–H groups in total. The summed E-state index contributed by atoms with van der Waals surface area (Å²) < 4.78 is 29.5. The first kappa shape index (κ1) is 20.7. The average Bonchev–Trinajstić information content (AvgIpc) is 3.08. The highest BCUT2D eigenvalue weighted by molar-refractivity contribution is 5.40. The van der Waals surface area contributed by atoms with Gasteiger partial charge in [-0.25, -0.2) is 13.5 Å². The van der Waals surface area contributed by atoms with Crippen molar-refractivity contribution in [2.24, 2.45) is 5.92 Å². The third-order valence-corrected chi connectivity index (χ3v) is 5.46. The number of hydrogen-bond donors (Lipinski definition) is 1. The lowest BCUT2D eigenvalue weighted by Crippen LogP contribution is -2.31. The van der Waals surface area contributed by atoms with E-state index in [0.29, 0.717) is 18.2 Å². The predicted octanol–water partition coefficient (Wildman–Crippen LogP) is 4.45. The first-order valence-corrected chi connectivity index (χ1v) is 10.5. The number of halogens is 2. The summed E-state index contributed by atoms with van der Waals surface area (Å²) in [6.07, 6.45) is 0.794. The van der Waals surface area contributed by atoms with E-state index >= 15 is 0 Å². The monoisotopic (exact) mass is 410 g/mol. The molecule has 2 heterocycles. The molecule has 4 rings (SSSR count). The quantitative estimate of drug-likeness (QED) is 0.625. The summed E-state index contributed by atoms with van der Waals surface area (Å²) in [4.78, 5) is 2.34. The van der Waals surface area contributed by atoms with Crippen LogP contribution in [-0.2, 0) is 26.1 Å². The van der Waals surface area contributed by atoms with E-state index in [-0.39, 0.29) is 11.6 Å². The maximum atomic E-state index is 14.5. The SMILES string of the molecule is CC(C)CNCc1nn(-c2ccccc2F)c2c1CN(Cc1ccc(F)cc1)CC2. The van der Waals surface area contributed by atoms with E-state index in [4.69, 9.17) is 5.10 Å². The van der Waals surface area contributed by atoms with Gasteiger partial charge in [0.15, 0.2) is 0 Å². The Morgan fingerprint density at radius 1 is 1.07 bits per heavy atom. The highest BCUT2D eigenvalue weighted by atomic mass is 19.1. The minimum atomic E-state index is -0.266. The van der Waals surface area contributed by atoms with E-state index in [1.54, 1.807) is 16.8 Å². The van der Waals surface area contributed by atoms with Crippen molar-refractivity contribution < 1.29 is 8.78 Å². The van der Waals surface area contributed by atoms with Crippen LogP contribution in [0.5, 0.6) is 0 Å². The molecule has 0 unspecified atom stereocenters. The maximum absolute atomic E-state index is 14.5. The van der Waals surface area contributed by atoms with E-state index in [1.165, 1.54) is 23.8 Å². The molecule has 2 aromatic carbocycles. The molecule has 0 saturated heterocycles. The van der Waals surface area contributed by atoms with Crippen LogP contribution in [0.4, 0.5) is 8.78 Å². The van der Waals surface area contributed by atoms with Gasteiger partial charge in [-0.2, -0.15) is 5.10 Å². The molecule has 0 fully saturated rings. The predicted molar refractivity (Wildman–Crippen MR) is 114 cm³/mol. The summed E-state index contributed by atoms with van der Waals surface area (Å²) in [5.41, 5.74) is 4.80. The summed E-state index contributed by atoms with van der Waals surface area (Å²) in [5.74, 6) is 0.0621. The molecule has 6 heteroatoms. The van der Waals surface area contributed by atoms with Gasteiger partial charge in [0.1, 0.15) is 17.3 Å². The topological polar surface area (TPSA) is 33.1 Å². The van der Waals surface area contributed by atoms with Crippen LogP contribution >= 0.6 is 0 Å². The lowest BCUT2D eigenvalue weighted by Gasteiger charge is -2.28. The van der Waals surface area contributed by atoms with Crippen molar-refractivity contribution in [3.05, 3.63) is 82.7 Å². The van der Waals surface area contributed by atoms with Crippen molar-refractivity contribution in [2.45, 2.75) is 39.9 Å². The summed E-state index contributed by atoms with van der Waals surface area (Å²) in [6, 6.07) is 13.5. The summed E-state index contributed by atoms with van der Waals surface area (Å²) in [6.45, 7) is 8.26. The Morgan fingerprint density at radius 3 is 2.57 bits per heavy atom. The average molecular weight is 411 g/mol. The number of para-hydroxylation sites is 1. The fourth-order valence-corrected chi connectivity index (χ4v) is 3.97. The number of fused-ring (bicyclic) bond motifs is 1. The van der Waals surface area contributed by atoms with Gasteiger partial charge in [0.2, 0.25) is 0 Å². The molecule has 0 amide bonds. The Morgan fingerprint density at radius 2 is 1.83 bits per heavy atom. The second-order valence-electron chi connectivity index (χ2n) is 8.35. The summed E-state index contributed by atoms with van der Waals surface area (Å²) in [7, 11) is 0. The van der Waals surface area contributed by atoms with Crippen molar-refractivity contribution in [2.75, 3.05) is 13.1 Å². The van der Waals surface area contributed by atoms with Gasteiger partial charge in [0.05, 0.1) is 11.4 Å². The van der Waals surface area contributed by atoms with Crippen molar-refractivity contribution in [3.63, 3.8) is 0 Å².